The van der Waals surface area contributed by atoms with E-state index in [-0.39, 0.29) is 35.3 Å². The summed E-state index contributed by atoms with van der Waals surface area (Å²) in [7, 11) is 0. The van der Waals surface area contributed by atoms with Gasteiger partial charge in [0, 0.05) is 10.7 Å². The summed E-state index contributed by atoms with van der Waals surface area (Å²) in [6.45, 7) is 0.656. The van der Waals surface area contributed by atoms with E-state index in [0.717, 1.165) is 4.90 Å². The summed E-state index contributed by atoms with van der Waals surface area (Å²) in [6, 6.07) is -0.935. The van der Waals surface area contributed by atoms with Crippen molar-refractivity contribution in [3.05, 3.63) is 21.4 Å². The maximum atomic E-state index is 11.9. The van der Waals surface area contributed by atoms with E-state index in [0.29, 0.717) is 11.3 Å². The molecule has 2 amide bonds. The van der Waals surface area contributed by atoms with Gasteiger partial charge in [-0.1, -0.05) is 0 Å². The Bertz CT molecular complexity index is 551. The summed E-state index contributed by atoms with van der Waals surface area (Å²) in [6.07, 6.45) is 0. The van der Waals surface area contributed by atoms with Gasteiger partial charge in [-0.3, -0.25) is 24.6 Å². The van der Waals surface area contributed by atoms with Gasteiger partial charge in [-0.2, -0.15) is 0 Å². The summed E-state index contributed by atoms with van der Waals surface area (Å²) in [5, 5.41) is 22.9. The number of nitro groups is 1. The zero-order chi connectivity index (χ0) is 15.0. The molecule has 0 saturated carbocycles. The van der Waals surface area contributed by atoms with Crippen LogP contribution < -0.4 is 40.0 Å². The Morgan fingerprint density at radius 2 is 2.14 bits per heavy atom. The molecule has 9 nitrogen and oxygen atoms in total. The number of carboxylic acids is 1. The third kappa shape index (κ3) is 3.39. The SMILES string of the molecule is CC1=C(C(=O)[O-])N2C(=O)C(NC(=O)C[N+](=O)[O-])[C@H]2SC1.[Na+]. The second-order valence-corrected chi connectivity index (χ2v) is 5.47. The van der Waals surface area contributed by atoms with Crippen molar-refractivity contribution in [1.82, 2.24) is 10.2 Å². The number of amides is 2. The van der Waals surface area contributed by atoms with Crippen molar-refractivity contribution in [2.75, 3.05) is 12.3 Å². The van der Waals surface area contributed by atoms with Crippen LogP contribution in [0.5, 0.6) is 0 Å². The van der Waals surface area contributed by atoms with E-state index in [4.69, 9.17) is 0 Å². The maximum Gasteiger partial charge on any atom is 1.00 e. The largest absolute Gasteiger partial charge is 1.00 e. The zero-order valence-electron chi connectivity index (χ0n) is 11.3. The molecular weight excluding hydrogens is 313 g/mol. The van der Waals surface area contributed by atoms with E-state index in [1.807, 2.05) is 0 Å². The fraction of sp³-hybridized carbons (Fsp3) is 0.500. The van der Waals surface area contributed by atoms with Crippen LogP contribution in [-0.2, 0) is 14.4 Å². The van der Waals surface area contributed by atoms with Crippen LogP contribution in [-0.4, -0.2) is 51.3 Å². The first-order chi connectivity index (χ1) is 9.32. The fourth-order valence-corrected chi connectivity index (χ4v) is 3.39. The molecule has 0 radical (unpaired) electrons. The van der Waals surface area contributed by atoms with Crippen LogP contribution in [0.2, 0.25) is 0 Å². The van der Waals surface area contributed by atoms with Crippen LogP contribution in [0.25, 0.3) is 0 Å². The average molecular weight is 323 g/mol. The minimum atomic E-state index is -1.45. The number of aliphatic carboxylic acids is 1. The number of fused-ring (bicyclic) bond motifs is 1. The minimum Gasteiger partial charge on any atom is -0.543 e. The molecule has 0 bridgehead atoms. The Morgan fingerprint density at radius 3 is 2.67 bits per heavy atom. The molecule has 2 aliphatic rings. The first-order valence-corrected chi connectivity index (χ1v) is 6.64. The van der Waals surface area contributed by atoms with E-state index in [1.165, 1.54) is 11.8 Å². The van der Waals surface area contributed by atoms with Gasteiger partial charge in [0.15, 0.2) is 0 Å². The van der Waals surface area contributed by atoms with Crippen LogP contribution in [0.15, 0.2) is 11.3 Å². The van der Waals surface area contributed by atoms with Gasteiger partial charge in [0.25, 0.3) is 18.4 Å². The van der Waals surface area contributed by atoms with Crippen LogP contribution in [0.3, 0.4) is 0 Å². The van der Waals surface area contributed by atoms with Gasteiger partial charge in [0.1, 0.15) is 11.4 Å². The van der Waals surface area contributed by atoms with Gasteiger partial charge >= 0.3 is 29.6 Å². The molecule has 2 aliphatic heterocycles. The molecule has 0 spiro atoms. The monoisotopic (exact) mass is 323 g/mol. The smallest absolute Gasteiger partial charge is 0.543 e. The zero-order valence-corrected chi connectivity index (χ0v) is 14.1. The molecule has 0 aliphatic carbocycles. The number of hydrogen-bond acceptors (Lipinski definition) is 7. The molecule has 0 aromatic rings. The third-order valence-electron chi connectivity index (χ3n) is 2.94. The van der Waals surface area contributed by atoms with Crippen molar-refractivity contribution < 1.29 is 54.0 Å². The standard InChI is InChI=1S/C10H11N3O6S.Na/c1-4-3-20-9-6(11-5(14)2-12(18)19)8(15)13(9)7(4)10(16)17;/h6,9H,2-3H2,1H3,(H,11,14)(H,16,17);/q;+1/p-1/t6?,9-;/m1./s1. The fourth-order valence-electron chi connectivity index (χ4n) is 2.10. The first kappa shape index (κ1) is 18.0. The van der Waals surface area contributed by atoms with E-state index < -0.39 is 40.7 Å². The van der Waals surface area contributed by atoms with E-state index >= 15 is 0 Å². The molecule has 1 saturated heterocycles. The van der Waals surface area contributed by atoms with Crippen molar-refractivity contribution in [1.29, 1.82) is 0 Å². The maximum absolute atomic E-state index is 11.9. The molecule has 1 unspecified atom stereocenters. The molecule has 108 valence electrons. The molecule has 2 rings (SSSR count). The summed E-state index contributed by atoms with van der Waals surface area (Å²) in [4.78, 5) is 44.6. The van der Waals surface area contributed by atoms with Gasteiger partial charge in [0.2, 0.25) is 0 Å². The number of nitrogens with zero attached hydrogens (tertiary/aromatic N) is 2. The van der Waals surface area contributed by atoms with Crippen molar-refractivity contribution >= 4 is 29.5 Å². The van der Waals surface area contributed by atoms with Gasteiger partial charge in [0.05, 0.1) is 11.7 Å². The van der Waals surface area contributed by atoms with Gasteiger partial charge in [-0.05, 0) is 12.5 Å². The van der Waals surface area contributed by atoms with Crippen molar-refractivity contribution in [3.8, 4) is 0 Å². The summed E-state index contributed by atoms with van der Waals surface area (Å²) >= 11 is 1.29. The predicted octanol–water partition coefficient (Wildman–Crippen LogP) is -5.31. The number of carboxylic acid groups (broad SMARTS) is 1. The molecular formula is C10H10N3NaO6S. The number of carbonyl (C=O) groups excluding carboxylic acids is 3. The van der Waals surface area contributed by atoms with Gasteiger partial charge < -0.3 is 15.2 Å². The second-order valence-electron chi connectivity index (χ2n) is 4.36. The Balaban J connectivity index is 0.00000220. The van der Waals surface area contributed by atoms with E-state index in [2.05, 4.69) is 5.32 Å². The molecule has 2 heterocycles. The summed E-state index contributed by atoms with van der Waals surface area (Å²) < 4.78 is 0. The average Bonchev–Trinajstić information content (AvgIpc) is 2.34. The molecule has 0 aromatic carbocycles. The predicted molar refractivity (Wildman–Crippen MR) is 64.6 cm³/mol. The molecule has 11 heteroatoms. The second kappa shape index (κ2) is 6.77. The summed E-state index contributed by atoms with van der Waals surface area (Å²) in [5.41, 5.74) is 0.327. The number of β-lactam (4-membered cyclic amide) rings is 1. The van der Waals surface area contributed by atoms with Gasteiger partial charge in [-0.25, -0.2) is 0 Å². The van der Waals surface area contributed by atoms with E-state index in [9.17, 15) is 29.6 Å². The van der Waals surface area contributed by atoms with Crippen LogP contribution >= 0.6 is 11.8 Å². The van der Waals surface area contributed by atoms with Gasteiger partial charge in [-0.15, -0.1) is 11.8 Å². The van der Waals surface area contributed by atoms with E-state index in [1.54, 1.807) is 6.92 Å². The summed E-state index contributed by atoms with van der Waals surface area (Å²) in [5.74, 6) is -2.54. The van der Waals surface area contributed by atoms with Crippen molar-refractivity contribution in [3.63, 3.8) is 0 Å². The first-order valence-electron chi connectivity index (χ1n) is 5.60. The third-order valence-corrected chi connectivity index (χ3v) is 4.37. The number of hydrogen-bond donors (Lipinski definition) is 1. The Hall–Kier alpha value is -1.10. The molecule has 21 heavy (non-hydrogen) atoms. The molecule has 1 N–H and O–H groups in total. The molecule has 1 fully saturated rings. The quantitative estimate of drug-likeness (QED) is 0.236. The Morgan fingerprint density at radius 1 is 1.52 bits per heavy atom. The topological polar surface area (TPSA) is 133 Å². The van der Waals surface area contributed by atoms with Crippen molar-refractivity contribution in [2.45, 2.75) is 18.3 Å². The normalized spacial score (nSPS) is 23.7. The molecule has 0 aromatic heterocycles. The number of rotatable bonds is 4. The van der Waals surface area contributed by atoms with Crippen LogP contribution in [0.4, 0.5) is 0 Å². The number of nitrogens with one attached hydrogen (secondary N) is 1. The number of thioether (sulfide) groups is 1. The molecule has 2 atom stereocenters. The Labute approximate surface area is 145 Å². The number of carbonyl (C=O) groups is 3. The van der Waals surface area contributed by atoms with Crippen molar-refractivity contribution in [2.24, 2.45) is 0 Å². The minimum absolute atomic E-state index is 0. The van der Waals surface area contributed by atoms with Crippen LogP contribution in [0, 0.1) is 10.1 Å². The Kier molecular flexibility index (Phi) is 5.79. The van der Waals surface area contributed by atoms with Crippen LogP contribution in [0.1, 0.15) is 6.92 Å².